The number of carbonyl (C=O) groups excluding carboxylic acids is 2. The third kappa shape index (κ3) is 3.69. The number of pyridine rings is 1. The van der Waals surface area contributed by atoms with Crippen LogP contribution in [-0.4, -0.2) is 45.8 Å². The SMILES string of the molecule is Cc1ccc2cc(C(=O)N3CCC(NC(=O)c4ccncc4)CC3)[nH]c2c1. The molecule has 6 nitrogen and oxygen atoms in total. The number of rotatable bonds is 3. The highest BCUT2D eigenvalue weighted by molar-refractivity contribution is 5.98. The van der Waals surface area contributed by atoms with Gasteiger partial charge < -0.3 is 15.2 Å². The van der Waals surface area contributed by atoms with Crippen molar-refractivity contribution in [2.24, 2.45) is 0 Å². The minimum absolute atomic E-state index is 0.0164. The number of hydrogen-bond acceptors (Lipinski definition) is 3. The van der Waals surface area contributed by atoms with Crippen LogP contribution in [0.15, 0.2) is 48.8 Å². The lowest BCUT2D eigenvalue weighted by Crippen LogP contribution is -2.46. The fourth-order valence-electron chi connectivity index (χ4n) is 3.53. The highest BCUT2D eigenvalue weighted by Gasteiger charge is 2.25. The maximum Gasteiger partial charge on any atom is 0.270 e. The van der Waals surface area contributed by atoms with E-state index in [4.69, 9.17) is 0 Å². The van der Waals surface area contributed by atoms with E-state index in [0.717, 1.165) is 29.3 Å². The number of aryl methyl sites for hydroxylation is 1. The van der Waals surface area contributed by atoms with E-state index in [1.807, 2.05) is 36.1 Å². The van der Waals surface area contributed by atoms with E-state index >= 15 is 0 Å². The molecule has 3 aromatic rings. The van der Waals surface area contributed by atoms with Gasteiger partial charge in [-0.1, -0.05) is 12.1 Å². The molecule has 0 saturated carbocycles. The van der Waals surface area contributed by atoms with Crippen molar-refractivity contribution in [2.75, 3.05) is 13.1 Å². The van der Waals surface area contributed by atoms with Gasteiger partial charge >= 0.3 is 0 Å². The highest BCUT2D eigenvalue weighted by Crippen LogP contribution is 2.20. The minimum atomic E-state index is -0.0897. The lowest BCUT2D eigenvalue weighted by molar-refractivity contribution is 0.0693. The molecule has 1 aliphatic rings. The molecule has 2 amide bonds. The Morgan fingerprint density at radius 2 is 1.85 bits per heavy atom. The number of benzene rings is 1. The van der Waals surface area contributed by atoms with Gasteiger partial charge in [0.05, 0.1) is 0 Å². The second-order valence-electron chi connectivity index (χ2n) is 7.05. The van der Waals surface area contributed by atoms with Crippen LogP contribution < -0.4 is 5.32 Å². The lowest BCUT2D eigenvalue weighted by Gasteiger charge is -2.32. The Morgan fingerprint density at radius 3 is 2.59 bits per heavy atom. The minimum Gasteiger partial charge on any atom is -0.351 e. The Kier molecular flexibility index (Phi) is 4.62. The van der Waals surface area contributed by atoms with Gasteiger partial charge in [-0.2, -0.15) is 0 Å². The maximum atomic E-state index is 12.8. The van der Waals surface area contributed by atoms with Crippen LogP contribution in [0.4, 0.5) is 0 Å². The average molecular weight is 362 g/mol. The molecule has 2 aromatic heterocycles. The van der Waals surface area contributed by atoms with Crippen molar-refractivity contribution in [2.45, 2.75) is 25.8 Å². The first kappa shape index (κ1) is 17.3. The standard InChI is InChI=1S/C21H22N4O2/c1-14-2-3-16-13-19(24-18(16)12-14)21(27)25-10-6-17(7-11-25)23-20(26)15-4-8-22-9-5-15/h2-5,8-9,12-13,17,24H,6-7,10-11H2,1H3,(H,23,26). The number of H-pyrrole nitrogens is 1. The molecule has 0 unspecified atom stereocenters. The first-order chi connectivity index (χ1) is 13.1. The molecular formula is C21H22N4O2. The van der Waals surface area contributed by atoms with Crippen molar-refractivity contribution < 1.29 is 9.59 Å². The zero-order chi connectivity index (χ0) is 18.8. The monoisotopic (exact) mass is 362 g/mol. The molecule has 0 atom stereocenters. The normalized spacial score (nSPS) is 15.1. The molecule has 0 aliphatic carbocycles. The smallest absolute Gasteiger partial charge is 0.270 e. The third-order valence-corrected chi connectivity index (χ3v) is 5.07. The fraction of sp³-hybridized carbons (Fsp3) is 0.286. The van der Waals surface area contributed by atoms with Crippen LogP contribution in [0.25, 0.3) is 10.9 Å². The molecule has 0 spiro atoms. The number of likely N-dealkylation sites (tertiary alicyclic amines) is 1. The Hall–Kier alpha value is -3.15. The number of aromatic amines is 1. The van der Waals surface area contributed by atoms with Crippen LogP contribution >= 0.6 is 0 Å². The summed E-state index contributed by atoms with van der Waals surface area (Å²) in [7, 11) is 0. The summed E-state index contributed by atoms with van der Waals surface area (Å²) in [6, 6.07) is 11.5. The van der Waals surface area contributed by atoms with E-state index < -0.39 is 0 Å². The molecule has 1 aromatic carbocycles. The van der Waals surface area contributed by atoms with Gasteiger partial charge in [-0.25, -0.2) is 0 Å². The number of hydrogen-bond donors (Lipinski definition) is 2. The molecule has 138 valence electrons. The van der Waals surface area contributed by atoms with Crippen molar-refractivity contribution in [1.29, 1.82) is 0 Å². The largest absolute Gasteiger partial charge is 0.351 e. The number of amides is 2. The molecule has 6 heteroatoms. The van der Waals surface area contributed by atoms with Crippen molar-refractivity contribution >= 4 is 22.7 Å². The third-order valence-electron chi connectivity index (χ3n) is 5.07. The molecule has 3 heterocycles. The lowest BCUT2D eigenvalue weighted by atomic mass is 10.0. The van der Waals surface area contributed by atoms with Gasteiger partial charge in [0.1, 0.15) is 5.69 Å². The maximum absolute atomic E-state index is 12.8. The van der Waals surface area contributed by atoms with Crippen molar-refractivity contribution in [3.8, 4) is 0 Å². The number of aromatic nitrogens is 2. The molecule has 0 radical (unpaired) electrons. The summed E-state index contributed by atoms with van der Waals surface area (Å²) in [5.74, 6) is -0.0732. The van der Waals surface area contributed by atoms with E-state index in [2.05, 4.69) is 15.3 Å². The predicted octanol–water partition coefficient (Wildman–Crippen LogP) is 2.91. The van der Waals surface area contributed by atoms with Gasteiger partial charge in [-0.3, -0.25) is 14.6 Å². The summed E-state index contributed by atoms with van der Waals surface area (Å²) in [4.78, 5) is 34.1. The molecule has 1 aliphatic heterocycles. The Morgan fingerprint density at radius 1 is 1.11 bits per heavy atom. The molecule has 4 rings (SSSR count). The van der Waals surface area contributed by atoms with Gasteiger partial charge in [0.25, 0.3) is 11.8 Å². The number of piperidine rings is 1. The molecule has 27 heavy (non-hydrogen) atoms. The summed E-state index contributed by atoms with van der Waals surface area (Å²) in [6.07, 6.45) is 4.72. The molecular weight excluding hydrogens is 340 g/mol. The van der Waals surface area contributed by atoms with Crippen molar-refractivity contribution in [3.63, 3.8) is 0 Å². The summed E-state index contributed by atoms with van der Waals surface area (Å²) in [6.45, 7) is 3.30. The second-order valence-corrected chi connectivity index (χ2v) is 7.05. The number of fused-ring (bicyclic) bond motifs is 1. The fourth-order valence-corrected chi connectivity index (χ4v) is 3.53. The van der Waals surface area contributed by atoms with Crippen LogP contribution in [0.1, 0.15) is 39.3 Å². The second kappa shape index (κ2) is 7.23. The van der Waals surface area contributed by atoms with Gasteiger partial charge in [-0.15, -0.1) is 0 Å². The summed E-state index contributed by atoms with van der Waals surface area (Å²) < 4.78 is 0. The van der Waals surface area contributed by atoms with Crippen LogP contribution in [0, 0.1) is 6.92 Å². The first-order valence-electron chi connectivity index (χ1n) is 9.20. The summed E-state index contributed by atoms with van der Waals surface area (Å²) >= 11 is 0. The summed E-state index contributed by atoms with van der Waals surface area (Å²) in [5, 5.41) is 4.09. The molecule has 2 N–H and O–H groups in total. The van der Waals surface area contributed by atoms with E-state index in [1.165, 1.54) is 0 Å². The Balaban J connectivity index is 1.37. The predicted molar refractivity (Wildman–Crippen MR) is 104 cm³/mol. The number of nitrogens with zero attached hydrogens (tertiary/aromatic N) is 2. The van der Waals surface area contributed by atoms with E-state index in [9.17, 15) is 9.59 Å². The van der Waals surface area contributed by atoms with Gasteiger partial charge in [0, 0.05) is 48.0 Å². The van der Waals surface area contributed by atoms with Gasteiger partial charge in [0.2, 0.25) is 0 Å². The van der Waals surface area contributed by atoms with Gasteiger partial charge in [-0.05, 0) is 49.6 Å². The van der Waals surface area contributed by atoms with Crippen molar-refractivity contribution in [1.82, 2.24) is 20.2 Å². The topological polar surface area (TPSA) is 78.1 Å². The highest BCUT2D eigenvalue weighted by atomic mass is 16.2. The molecule has 1 saturated heterocycles. The zero-order valence-electron chi connectivity index (χ0n) is 15.2. The molecule has 1 fully saturated rings. The number of nitrogens with one attached hydrogen (secondary N) is 2. The van der Waals surface area contributed by atoms with E-state index in [0.29, 0.717) is 24.3 Å². The Bertz CT molecular complexity index is 972. The average Bonchev–Trinajstić information content (AvgIpc) is 3.12. The van der Waals surface area contributed by atoms with Crippen LogP contribution in [0.3, 0.4) is 0 Å². The molecule has 0 bridgehead atoms. The van der Waals surface area contributed by atoms with Crippen LogP contribution in [-0.2, 0) is 0 Å². The first-order valence-corrected chi connectivity index (χ1v) is 9.20. The van der Waals surface area contributed by atoms with Gasteiger partial charge in [0.15, 0.2) is 0 Å². The van der Waals surface area contributed by atoms with Crippen LogP contribution in [0.5, 0.6) is 0 Å². The summed E-state index contributed by atoms with van der Waals surface area (Å²) in [5.41, 5.74) is 3.37. The Labute approximate surface area is 157 Å². The van der Waals surface area contributed by atoms with E-state index in [1.54, 1.807) is 24.5 Å². The van der Waals surface area contributed by atoms with Crippen molar-refractivity contribution in [3.05, 3.63) is 65.6 Å². The zero-order valence-corrected chi connectivity index (χ0v) is 15.2. The van der Waals surface area contributed by atoms with E-state index in [-0.39, 0.29) is 17.9 Å². The van der Waals surface area contributed by atoms with Crippen LogP contribution in [0.2, 0.25) is 0 Å². The number of carbonyl (C=O) groups is 2. The quantitative estimate of drug-likeness (QED) is 0.752.